The second-order valence-corrected chi connectivity index (χ2v) is 10.8. The third-order valence-corrected chi connectivity index (χ3v) is 8.94. The van der Waals surface area contributed by atoms with Crippen molar-refractivity contribution >= 4 is 39.1 Å². The van der Waals surface area contributed by atoms with E-state index in [2.05, 4.69) is 0 Å². The van der Waals surface area contributed by atoms with E-state index in [1.165, 1.54) is 28.6 Å². The van der Waals surface area contributed by atoms with Crippen molar-refractivity contribution in [3.8, 4) is 0 Å². The van der Waals surface area contributed by atoms with Gasteiger partial charge in [-0.15, -0.1) is 11.3 Å². The Morgan fingerprint density at radius 3 is 2.76 bits per heavy atom. The average molecular weight is 433 g/mol. The minimum absolute atomic E-state index is 0.0746. The van der Waals surface area contributed by atoms with E-state index in [-0.39, 0.29) is 16.9 Å². The largest absolute Gasteiger partial charge is 0.376 e. The lowest BCUT2D eigenvalue weighted by Gasteiger charge is -2.19. The molecule has 5 nitrogen and oxygen atoms in total. The van der Waals surface area contributed by atoms with Crippen molar-refractivity contribution in [2.45, 2.75) is 93.7 Å². The number of carbonyl (C=O) groups is 1. The van der Waals surface area contributed by atoms with E-state index in [1.807, 2.05) is 4.57 Å². The highest BCUT2D eigenvalue weighted by atomic mass is 32.2. The Kier molecular flexibility index (Phi) is 5.80. The van der Waals surface area contributed by atoms with Gasteiger partial charge in [0.15, 0.2) is 5.16 Å². The van der Waals surface area contributed by atoms with Crippen LogP contribution in [0.5, 0.6) is 0 Å². The van der Waals surface area contributed by atoms with Gasteiger partial charge in [0, 0.05) is 17.9 Å². The summed E-state index contributed by atoms with van der Waals surface area (Å²) in [7, 11) is 0. The molecule has 7 heteroatoms. The highest BCUT2D eigenvalue weighted by Crippen LogP contribution is 2.36. The predicted octanol–water partition coefficient (Wildman–Crippen LogP) is 4.51. The van der Waals surface area contributed by atoms with Crippen LogP contribution in [0.1, 0.15) is 68.2 Å². The fraction of sp³-hybridized carbons (Fsp3) is 0.682. The van der Waals surface area contributed by atoms with Crippen LogP contribution in [-0.2, 0) is 28.9 Å². The second-order valence-electron chi connectivity index (χ2n) is 8.51. The minimum atomic E-state index is -0.0767. The number of fused-ring (bicyclic) bond motifs is 3. The molecule has 1 saturated carbocycles. The number of hydrogen-bond acceptors (Lipinski definition) is 6. The highest BCUT2D eigenvalue weighted by Gasteiger charge is 2.28. The lowest BCUT2D eigenvalue weighted by molar-refractivity contribution is -0.118. The van der Waals surface area contributed by atoms with Crippen molar-refractivity contribution in [2.75, 3.05) is 6.61 Å². The third kappa shape index (κ3) is 3.93. The Morgan fingerprint density at radius 2 is 1.90 bits per heavy atom. The summed E-state index contributed by atoms with van der Waals surface area (Å²) in [6.07, 6.45) is 11.2. The number of thioether (sulfide) groups is 1. The maximum atomic E-state index is 13.6. The van der Waals surface area contributed by atoms with Gasteiger partial charge in [-0.1, -0.05) is 24.6 Å². The van der Waals surface area contributed by atoms with Crippen molar-refractivity contribution < 1.29 is 9.53 Å². The molecular formula is C22H28N2O3S2. The number of aromatic nitrogens is 2. The zero-order valence-corrected chi connectivity index (χ0v) is 18.4. The number of nitrogens with zero attached hydrogens (tertiary/aromatic N) is 2. The molecule has 0 radical (unpaired) electrons. The van der Waals surface area contributed by atoms with Gasteiger partial charge in [-0.05, 0) is 56.9 Å². The van der Waals surface area contributed by atoms with Gasteiger partial charge in [0.25, 0.3) is 5.56 Å². The fourth-order valence-corrected chi connectivity index (χ4v) is 7.37. The lowest BCUT2D eigenvalue weighted by Crippen LogP contribution is -2.30. The van der Waals surface area contributed by atoms with Gasteiger partial charge in [0.2, 0.25) is 0 Å². The van der Waals surface area contributed by atoms with Crippen LogP contribution in [0.15, 0.2) is 9.95 Å². The van der Waals surface area contributed by atoms with Gasteiger partial charge >= 0.3 is 0 Å². The third-order valence-electron chi connectivity index (χ3n) is 6.45. The molecule has 0 aromatic carbocycles. The topological polar surface area (TPSA) is 61.2 Å². The van der Waals surface area contributed by atoms with Gasteiger partial charge in [0.05, 0.1) is 23.3 Å². The molecule has 3 aliphatic rings. The van der Waals surface area contributed by atoms with E-state index in [0.717, 1.165) is 79.8 Å². The number of carbonyl (C=O) groups excluding carboxylic acids is 1. The first-order chi connectivity index (χ1) is 14.2. The molecule has 2 atom stereocenters. The summed E-state index contributed by atoms with van der Waals surface area (Å²) in [5, 5.41) is 1.48. The summed E-state index contributed by atoms with van der Waals surface area (Å²) in [5.41, 5.74) is 1.31. The summed E-state index contributed by atoms with van der Waals surface area (Å²) in [5.74, 6) is 0.316. The number of aryl methyl sites for hydroxylation is 2. The number of thiophene rings is 1. The maximum Gasteiger partial charge on any atom is 0.263 e. The molecule has 2 aromatic heterocycles. The molecular weight excluding hydrogens is 404 g/mol. The molecule has 1 saturated heterocycles. The first-order valence-electron chi connectivity index (χ1n) is 11.1. The average Bonchev–Trinajstić information content (AvgIpc) is 3.31. The second kappa shape index (κ2) is 8.52. The Labute approximate surface area is 179 Å². The van der Waals surface area contributed by atoms with E-state index in [1.54, 1.807) is 11.3 Å². The molecule has 3 heterocycles. The Balaban J connectivity index is 1.58. The zero-order chi connectivity index (χ0) is 19.8. The molecule has 0 N–H and O–H groups in total. The van der Waals surface area contributed by atoms with Crippen molar-refractivity contribution in [3.63, 3.8) is 0 Å². The Morgan fingerprint density at radius 1 is 1.03 bits per heavy atom. The first-order valence-corrected chi connectivity index (χ1v) is 12.8. The van der Waals surface area contributed by atoms with Gasteiger partial charge < -0.3 is 4.74 Å². The van der Waals surface area contributed by atoms with Gasteiger partial charge in [-0.25, -0.2) is 4.98 Å². The van der Waals surface area contributed by atoms with Gasteiger partial charge in [0.1, 0.15) is 10.6 Å². The Bertz CT molecular complexity index is 975. The van der Waals surface area contributed by atoms with Crippen LogP contribution >= 0.6 is 23.1 Å². The number of Topliss-reactive ketones (excluding diaryl/α,β-unsaturated/α-hetero) is 1. The standard InChI is InChI=1S/C22H28N2O3S2/c25-16-9-2-1-3-11-18(16)29-22-23-20-19(15-8-4-5-10-17(15)28-20)21(26)24(22)13-14-7-6-12-27-14/h14,18H,1-13H2/t14-,18-/m1/s1. The molecule has 5 rings (SSSR count). The zero-order valence-electron chi connectivity index (χ0n) is 16.8. The summed E-state index contributed by atoms with van der Waals surface area (Å²) in [6.45, 7) is 1.32. The van der Waals surface area contributed by atoms with Crippen LogP contribution in [0.2, 0.25) is 0 Å². The van der Waals surface area contributed by atoms with E-state index >= 15 is 0 Å². The summed E-state index contributed by atoms with van der Waals surface area (Å²) >= 11 is 3.22. The first kappa shape index (κ1) is 19.8. The lowest BCUT2D eigenvalue weighted by atomic mass is 9.97. The SMILES string of the molecule is O=C1CCCCC[C@H]1Sc1nc2sc3c(c2c(=O)n1C[C@H]1CCCO1)CCCC3. The van der Waals surface area contributed by atoms with Crippen molar-refractivity contribution in [1.29, 1.82) is 0 Å². The van der Waals surface area contributed by atoms with Crippen LogP contribution in [0, 0.1) is 0 Å². The van der Waals surface area contributed by atoms with Crippen LogP contribution < -0.4 is 5.56 Å². The number of ketones is 1. The van der Waals surface area contributed by atoms with Crippen molar-refractivity contribution in [2.24, 2.45) is 0 Å². The Hall–Kier alpha value is -1.18. The van der Waals surface area contributed by atoms with E-state index < -0.39 is 0 Å². The molecule has 2 aromatic rings. The maximum absolute atomic E-state index is 13.6. The molecule has 0 bridgehead atoms. The van der Waals surface area contributed by atoms with Crippen LogP contribution in [0.25, 0.3) is 10.2 Å². The molecule has 1 aliphatic heterocycles. The van der Waals surface area contributed by atoms with Gasteiger partial charge in [-0.3, -0.25) is 14.2 Å². The summed E-state index contributed by atoms with van der Waals surface area (Å²) < 4.78 is 7.68. The van der Waals surface area contributed by atoms with Crippen LogP contribution in [-0.4, -0.2) is 33.3 Å². The number of ether oxygens (including phenoxy) is 1. The molecule has 2 fully saturated rings. The van der Waals surface area contributed by atoms with Crippen molar-refractivity contribution in [1.82, 2.24) is 9.55 Å². The quantitative estimate of drug-likeness (QED) is 0.525. The van der Waals surface area contributed by atoms with E-state index in [4.69, 9.17) is 9.72 Å². The molecule has 0 unspecified atom stereocenters. The molecule has 0 amide bonds. The van der Waals surface area contributed by atoms with Crippen LogP contribution in [0.4, 0.5) is 0 Å². The molecule has 29 heavy (non-hydrogen) atoms. The smallest absolute Gasteiger partial charge is 0.263 e. The number of hydrogen-bond donors (Lipinski definition) is 0. The minimum Gasteiger partial charge on any atom is -0.376 e. The highest BCUT2D eigenvalue weighted by molar-refractivity contribution is 8.00. The molecule has 2 aliphatic carbocycles. The van der Waals surface area contributed by atoms with E-state index in [9.17, 15) is 9.59 Å². The normalized spacial score (nSPS) is 25.3. The van der Waals surface area contributed by atoms with Crippen molar-refractivity contribution in [3.05, 3.63) is 20.8 Å². The fourth-order valence-electron chi connectivity index (χ4n) is 4.84. The number of rotatable bonds is 4. The van der Waals surface area contributed by atoms with E-state index in [0.29, 0.717) is 18.7 Å². The molecule has 0 spiro atoms. The molecule has 156 valence electrons. The summed E-state index contributed by atoms with van der Waals surface area (Å²) in [6, 6.07) is 0. The predicted molar refractivity (Wildman–Crippen MR) is 117 cm³/mol. The summed E-state index contributed by atoms with van der Waals surface area (Å²) in [4.78, 5) is 33.4. The monoisotopic (exact) mass is 432 g/mol. The van der Waals surface area contributed by atoms with Crippen LogP contribution in [0.3, 0.4) is 0 Å². The van der Waals surface area contributed by atoms with Gasteiger partial charge in [-0.2, -0.15) is 0 Å².